The van der Waals surface area contributed by atoms with E-state index in [0.717, 1.165) is 41.0 Å². The van der Waals surface area contributed by atoms with Crippen molar-refractivity contribution >= 4 is 16.9 Å². The highest BCUT2D eigenvalue weighted by Crippen LogP contribution is 2.40. The van der Waals surface area contributed by atoms with E-state index in [-0.39, 0.29) is 11.9 Å². The molecule has 1 amide bonds. The van der Waals surface area contributed by atoms with Crippen LogP contribution in [0.5, 0.6) is 0 Å². The Morgan fingerprint density at radius 1 is 1.44 bits per heavy atom. The van der Waals surface area contributed by atoms with E-state index in [0.29, 0.717) is 18.0 Å². The van der Waals surface area contributed by atoms with Crippen LogP contribution < -0.4 is 5.32 Å². The van der Waals surface area contributed by atoms with Gasteiger partial charge in [-0.15, -0.1) is 0 Å². The maximum absolute atomic E-state index is 13.1. The van der Waals surface area contributed by atoms with Crippen LogP contribution in [0, 0.1) is 6.92 Å². The van der Waals surface area contributed by atoms with Crippen LogP contribution in [0.15, 0.2) is 28.9 Å². The maximum Gasteiger partial charge on any atom is 0.252 e. The molecule has 0 aliphatic heterocycles. The van der Waals surface area contributed by atoms with E-state index in [4.69, 9.17) is 9.40 Å². The van der Waals surface area contributed by atoms with Gasteiger partial charge in [0.25, 0.3) is 5.91 Å². The van der Waals surface area contributed by atoms with E-state index >= 15 is 0 Å². The van der Waals surface area contributed by atoms with Gasteiger partial charge in [0.1, 0.15) is 5.76 Å². The fraction of sp³-hybridized carbons (Fsp3) is 0.450. The fourth-order valence-corrected chi connectivity index (χ4v) is 3.53. The summed E-state index contributed by atoms with van der Waals surface area (Å²) >= 11 is 0. The number of hydrogen-bond donors (Lipinski definition) is 1. The Morgan fingerprint density at radius 2 is 2.22 bits per heavy atom. The van der Waals surface area contributed by atoms with Crippen LogP contribution in [0.1, 0.15) is 52.3 Å². The van der Waals surface area contributed by atoms with Crippen molar-refractivity contribution in [3.8, 4) is 0 Å². The quantitative estimate of drug-likeness (QED) is 0.725. The molecule has 3 aromatic rings. The molecule has 4 rings (SSSR count). The molecule has 7 nitrogen and oxygen atoms in total. The van der Waals surface area contributed by atoms with Gasteiger partial charge in [-0.2, -0.15) is 5.10 Å². The number of amides is 1. The molecule has 0 saturated heterocycles. The van der Waals surface area contributed by atoms with E-state index in [1.807, 2.05) is 51.2 Å². The lowest BCUT2D eigenvalue weighted by atomic mass is 10.1. The number of furan rings is 1. The molecule has 1 aliphatic carbocycles. The number of carbonyl (C=O) groups is 1. The molecule has 7 heteroatoms. The minimum Gasteiger partial charge on any atom is -0.468 e. The van der Waals surface area contributed by atoms with Gasteiger partial charge in [-0.3, -0.25) is 14.4 Å². The molecule has 0 aromatic carbocycles. The van der Waals surface area contributed by atoms with Crippen molar-refractivity contribution in [2.24, 2.45) is 7.05 Å². The largest absolute Gasteiger partial charge is 0.468 e. The van der Waals surface area contributed by atoms with Crippen LogP contribution in [-0.4, -0.2) is 46.2 Å². The highest BCUT2D eigenvalue weighted by molar-refractivity contribution is 6.06. The molecule has 0 bridgehead atoms. The third kappa shape index (κ3) is 3.35. The molecule has 0 radical (unpaired) electrons. The summed E-state index contributed by atoms with van der Waals surface area (Å²) < 4.78 is 7.29. The van der Waals surface area contributed by atoms with E-state index in [9.17, 15) is 4.79 Å². The SMILES string of the molecule is Cc1nn(C)c2nc(C3CC3)cc(C(=O)NC[C@@H](c3ccco3)N(C)C)c12. The summed E-state index contributed by atoms with van der Waals surface area (Å²) in [6.07, 6.45) is 3.93. The predicted octanol–water partition coefficient (Wildman–Crippen LogP) is 2.78. The summed E-state index contributed by atoms with van der Waals surface area (Å²) in [6, 6.07) is 5.71. The van der Waals surface area contributed by atoms with Crippen molar-refractivity contribution in [1.29, 1.82) is 0 Å². The molecular weight excluding hydrogens is 342 g/mol. The molecule has 27 heavy (non-hydrogen) atoms. The predicted molar refractivity (Wildman–Crippen MR) is 103 cm³/mol. The van der Waals surface area contributed by atoms with Crippen LogP contribution in [0.4, 0.5) is 0 Å². The van der Waals surface area contributed by atoms with E-state index in [1.165, 1.54) is 0 Å². The van der Waals surface area contributed by atoms with Crippen molar-refractivity contribution in [3.05, 3.63) is 47.2 Å². The number of nitrogens with one attached hydrogen (secondary N) is 1. The molecule has 142 valence electrons. The number of hydrogen-bond acceptors (Lipinski definition) is 5. The van der Waals surface area contributed by atoms with E-state index < -0.39 is 0 Å². The number of rotatable bonds is 6. The van der Waals surface area contributed by atoms with Gasteiger partial charge in [-0.05, 0) is 52.1 Å². The number of aromatic nitrogens is 3. The topological polar surface area (TPSA) is 76.2 Å². The van der Waals surface area contributed by atoms with Crippen LogP contribution in [0.25, 0.3) is 11.0 Å². The zero-order chi connectivity index (χ0) is 19.1. The van der Waals surface area contributed by atoms with Gasteiger partial charge in [-0.25, -0.2) is 4.98 Å². The summed E-state index contributed by atoms with van der Waals surface area (Å²) in [5, 5.41) is 8.38. The molecular formula is C20H25N5O2. The second-order valence-corrected chi connectivity index (χ2v) is 7.48. The first-order chi connectivity index (χ1) is 13.0. The molecule has 1 N–H and O–H groups in total. The van der Waals surface area contributed by atoms with Crippen molar-refractivity contribution in [2.45, 2.75) is 31.7 Å². The van der Waals surface area contributed by atoms with Gasteiger partial charge in [0.2, 0.25) is 0 Å². The fourth-order valence-electron chi connectivity index (χ4n) is 3.53. The summed E-state index contributed by atoms with van der Waals surface area (Å²) in [7, 11) is 5.82. The van der Waals surface area contributed by atoms with Gasteiger partial charge in [0, 0.05) is 25.2 Å². The summed E-state index contributed by atoms with van der Waals surface area (Å²) in [6.45, 7) is 2.38. The van der Waals surface area contributed by atoms with Crippen LogP contribution in [0.3, 0.4) is 0 Å². The van der Waals surface area contributed by atoms with Crippen molar-refractivity contribution < 1.29 is 9.21 Å². The van der Waals surface area contributed by atoms with Gasteiger partial charge >= 0.3 is 0 Å². The Hall–Kier alpha value is -2.67. The van der Waals surface area contributed by atoms with Gasteiger partial charge in [0.15, 0.2) is 5.65 Å². The number of fused-ring (bicyclic) bond motifs is 1. The number of aryl methyl sites for hydroxylation is 2. The third-order valence-corrected chi connectivity index (χ3v) is 5.18. The number of carbonyl (C=O) groups excluding carboxylic acids is 1. The average Bonchev–Trinajstić information content (AvgIpc) is 3.27. The Kier molecular flexibility index (Phi) is 4.47. The molecule has 3 aromatic heterocycles. The number of pyridine rings is 1. The maximum atomic E-state index is 13.1. The molecule has 1 aliphatic rings. The molecule has 1 saturated carbocycles. The highest BCUT2D eigenvalue weighted by atomic mass is 16.3. The normalized spacial score (nSPS) is 15.4. The summed E-state index contributed by atoms with van der Waals surface area (Å²) in [5.74, 6) is 1.20. The van der Waals surface area contributed by atoms with Crippen molar-refractivity contribution in [1.82, 2.24) is 25.0 Å². The first-order valence-corrected chi connectivity index (χ1v) is 9.28. The standard InChI is InChI=1S/C20H25N5O2/c1-12-18-14(10-15(13-7-8-13)22-19(18)25(4)23-12)20(26)21-11-16(24(2)3)17-6-5-9-27-17/h5-6,9-10,13,16H,7-8,11H2,1-4H3,(H,21,26)/t16-/m0/s1. The Labute approximate surface area is 158 Å². The van der Waals surface area contributed by atoms with Gasteiger partial charge in [0.05, 0.1) is 28.9 Å². The zero-order valence-corrected chi connectivity index (χ0v) is 16.2. The number of likely N-dealkylation sites (N-methyl/N-ethyl adjacent to an activating group) is 1. The number of nitrogens with zero attached hydrogens (tertiary/aromatic N) is 4. The summed E-state index contributed by atoms with van der Waals surface area (Å²) in [4.78, 5) is 19.9. The Bertz CT molecular complexity index is 970. The average molecular weight is 367 g/mol. The lowest BCUT2D eigenvalue weighted by Gasteiger charge is -2.22. The molecule has 0 spiro atoms. The molecule has 1 fully saturated rings. The van der Waals surface area contributed by atoms with Crippen LogP contribution in [0.2, 0.25) is 0 Å². The van der Waals surface area contributed by atoms with Crippen molar-refractivity contribution in [2.75, 3.05) is 20.6 Å². The van der Waals surface area contributed by atoms with Gasteiger partial charge in [-0.1, -0.05) is 0 Å². The minimum absolute atomic E-state index is 0.0285. The summed E-state index contributed by atoms with van der Waals surface area (Å²) in [5.41, 5.74) is 3.25. The third-order valence-electron chi connectivity index (χ3n) is 5.18. The van der Waals surface area contributed by atoms with E-state index in [1.54, 1.807) is 10.9 Å². The van der Waals surface area contributed by atoms with Crippen molar-refractivity contribution in [3.63, 3.8) is 0 Å². The van der Waals surface area contributed by atoms with Crippen LogP contribution >= 0.6 is 0 Å². The zero-order valence-electron chi connectivity index (χ0n) is 16.2. The second kappa shape index (κ2) is 6.81. The first kappa shape index (κ1) is 17.7. The van der Waals surface area contributed by atoms with Gasteiger partial charge < -0.3 is 9.73 Å². The lowest BCUT2D eigenvalue weighted by Crippen LogP contribution is -2.34. The minimum atomic E-state index is -0.0983. The Morgan fingerprint density at radius 3 is 2.85 bits per heavy atom. The highest BCUT2D eigenvalue weighted by Gasteiger charge is 2.29. The molecule has 3 heterocycles. The second-order valence-electron chi connectivity index (χ2n) is 7.48. The smallest absolute Gasteiger partial charge is 0.252 e. The monoisotopic (exact) mass is 367 g/mol. The molecule has 0 unspecified atom stereocenters. The molecule has 1 atom stereocenters. The Balaban J connectivity index is 1.64. The van der Waals surface area contributed by atoms with E-state index in [2.05, 4.69) is 10.4 Å². The van der Waals surface area contributed by atoms with Crippen LogP contribution in [-0.2, 0) is 7.05 Å². The first-order valence-electron chi connectivity index (χ1n) is 9.28. The lowest BCUT2D eigenvalue weighted by molar-refractivity contribution is 0.0940.